The van der Waals surface area contributed by atoms with E-state index in [1.807, 2.05) is 24.3 Å². The van der Waals surface area contributed by atoms with Crippen LogP contribution in [0.15, 0.2) is 36.4 Å². The van der Waals surface area contributed by atoms with E-state index >= 15 is 0 Å². The molecule has 2 amide bonds. The molecule has 0 aliphatic rings. The Morgan fingerprint density at radius 2 is 1.56 bits per heavy atom. The van der Waals surface area contributed by atoms with Gasteiger partial charge in [-0.1, -0.05) is 0 Å². The summed E-state index contributed by atoms with van der Waals surface area (Å²) in [5.41, 5.74) is 2.23. The van der Waals surface area contributed by atoms with Crippen LogP contribution in [0, 0.1) is 0 Å². The number of aryl methyl sites for hydroxylation is 1. The molecule has 0 fully saturated rings. The molecular formula is C19H23N3O3. The van der Waals surface area contributed by atoms with Crippen LogP contribution in [0.5, 0.6) is 11.5 Å². The van der Waals surface area contributed by atoms with Crippen molar-refractivity contribution in [1.82, 2.24) is 15.2 Å². The predicted octanol–water partition coefficient (Wildman–Crippen LogP) is 3.13. The number of nitrogens with one attached hydrogen (secondary N) is 2. The van der Waals surface area contributed by atoms with Gasteiger partial charge in [0.1, 0.15) is 11.5 Å². The molecule has 0 atom stereocenters. The Labute approximate surface area is 146 Å². The lowest BCUT2D eigenvalue weighted by Gasteiger charge is -2.10. The maximum absolute atomic E-state index is 11.3. The van der Waals surface area contributed by atoms with Crippen LogP contribution in [0.4, 0.5) is 4.79 Å². The van der Waals surface area contributed by atoms with Crippen molar-refractivity contribution in [3.05, 3.63) is 36.4 Å². The number of urea groups is 1. The zero-order chi connectivity index (χ0) is 17.8. The number of hydrogen-bond donors (Lipinski definition) is 2. The van der Waals surface area contributed by atoms with Gasteiger partial charge in [-0.2, -0.15) is 0 Å². The van der Waals surface area contributed by atoms with Crippen molar-refractivity contribution >= 4 is 27.8 Å². The number of methoxy groups -OCH3 is 2. The van der Waals surface area contributed by atoms with Crippen molar-refractivity contribution in [1.29, 1.82) is 0 Å². The largest absolute Gasteiger partial charge is 0.497 e. The van der Waals surface area contributed by atoms with Crippen LogP contribution in [0.2, 0.25) is 0 Å². The number of hydrogen-bond acceptors (Lipinski definition) is 3. The van der Waals surface area contributed by atoms with Crippen LogP contribution >= 0.6 is 0 Å². The van der Waals surface area contributed by atoms with E-state index in [1.165, 1.54) is 10.8 Å². The molecule has 0 radical (unpaired) electrons. The first-order valence-electron chi connectivity index (χ1n) is 8.27. The van der Waals surface area contributed by atoms with Crippen molar-refractivity contribution in [2.75, 3.05) is 27.8 Å². The third-order valence-corrected chi connectivity index (χ3v) is 4.35. The Balaban J connectivity index is 2.00. The number of carbonyl (C=O) groups is 1. The minimum atomic E-state index is -0.162. The smallest absolute Gasteiger partial charge is 0.314 e. The third kappa shape index (κ3) is 3.33. The molecular weight excluding hydrogens is 318 g/mol. The number of aromatic nitrogens is 1. The number of carbonyl (C=O) groups excluding carboxylic acids is 1. The minimum Gasteiger partial charge on any atom is -0.497 e. The van der Waals surface area contributed by atoms with E-state index in [9.17, 15) is 4.79 Å². The number of amides is 2. The number of fused-ring (bicyclic) bond motifs is 3. The fourth-order valence-corrected chi connectivity index (χ4v) is 3.08. The normalized spacial score (nSPS) is 10.8. The first-order chi connectivity index (χ1) is 12.2. The molecule has 0 unspecified atom stereocenters. The summed E-state index contributed by atoms with van der Waals surface area (Å²) in [6, 6.07) is 12.1. The van der Waals surface area contributed by atoms with Crippen LogP contribution in [0.25, 0.3) is 21.8 Å². The zero-order valence-corrected chi connectivity index (χ0v) is 14.8. The molecule has 1 heterocycles. The molecule has 132 valence electrons. The van der Waals surface area contributed by atoms with E-state index in [1.54, 1.807) is 21.3 Å². The SMILES string of the molecule is CNC(=O)NCCCn1c2cc(OC)ccc2c2ccc(OC)cc21. The van der Waals surface area contributed by atoms with Gasteiger partial charge in [0.05, 0.1) is 25.3 Å². The summed E-state index contributed by atoms with van der Waals surface area (Å²) in [7, 11) is 4.95. The van der Waals surface area contributed by atoms with Crippen LogP contribution in [-0.4, -0.2) is 38.4 Å². The lowest BCUT2D eigenvalue weighted by molar-refractivity contribution is 0.242. The molecule has 3 rings (SSSR count). The van der Waals surface area contributed by atoms with Gasteiger partial charge < -0.3 is 24.7 Å². The number of nitrogens with zero attached hydrogens (tertiary/aromatic N) is 1. The first-order valence-corrected chi connectivity index (χ1v) is 8.27. The maximum Gasteiger partial charge on any atom is 0.314 e. The summed E-state index contributed by atoms with van der Waals surface area (Å²) < 4.78 is 13.0. The summed E-state index contributed by atoms with van der Waals surface area (Å²) in [5.74, 6) is 1.65. The molecule has 0 aliphatic carbocycles. The fourth-order valence-electron chi connectivity index (χ4n) is 3.08. The lowest BCUT2D eigenvalue weighted by Crippen LogP contribution is -2.33. The van der Waals surface area contributed by atoms with Gasteiger partial charge in [0.25, 0.3) is 0 Å². The molecule has 25 heavy (non-hydrogen) atoms. The van der Waals surface area contributed by atoms with Gasteiger partial charge in [0.2, 0.25) is 0 Å². The predicted molar refractivity (Wildman–Crippen MR) is 99.6 cm³/mol. The molecule has 3 aromatic rings. The van der Waals surface area contributed by atoms with E-state index in [0.29, 0.717) is 6.54 Å². The van der Waals surface area contributed by atoms with Crippen LogP contribution in [0.3, 0.4) is 0 Å². The van der Waals surface area contributed by atoms with E-state index in [4.69, 9.17) is 9.47 Å². The monoisotopic (exact) mass is 341 g/mol. The summed E-state index contributed by atoms with van der Waals surface area (Å²) in [5, 5.41) is 7.74. The standard InChI is InChI=1S/C19H23N3O3/c1-20-19(23)21-9-4-10-22-17-11-13(24-2)5-7-15(17)16-8-6-14(25-3)12-18(16)22/h5-8,11-12H,4,9-10H2,1-3H3,(H2,20,21,23). The van der Waals surface area contributed by atoms with Crippen molar-refractivity contribution in [2.24, 2.45) is 0 Å². The highest BCUT2D eigenvalue weighted by atomic mass is 16.5. The Bertz CT molecular complexity index is 840. The minimum absolute atomic E-state index is 0.162. The second-order valence-corrected chi connectivity index (χ2v) is 5.78. The van der Waals surface area contributed by atoms with Crippen LogP contribution in [0.1, 0.15) is 6.42 Å². The molecule has 0 bridgehead atoms. The van der Waals surface area contributed by atoms with Crippen molar-refractivity contribution in [3.63, 3.8) is 0 Å². The van der Waals surface area contributed by atoms with Crippen molar-refractivity contribution in [3.8, 4) is 11.5 Å². The van der Waals surface area contributed by atoms with E-state index in [-0.39, 0.29) is 6.03 Å². The Hall–Kier alpha value is -2.89. The Morgan fingerprint density at radius 1 is 1.00 bits per heavy atom. The topological polar surface area (TPSA) is 64.5 Å². The van der Waals surface area contributed by atoms with E-state index < -0.39 is 0 Å². The second kappa shape index (κ2) is 7.34. The average molecular weight is 341 g/mol. The van der Waals surface area contributed by atoms with Crippen LogP contribution in [-0.2, 0) is 6.54 Å². The van der Waals surface area contributed by atoms with Gasteiger partial charge in [-0.25, -0.2) is 4.79 Å². The molecule has 6 heteroatoms. The molecule has 0 spiro atoms. The molecule has 6 nitrogen and oxygen atoms in total. The molecule has 0 saturated carbocycles. The third-order valence-electron chi connectivity index (χ3n) is 4.35. The molecule has 2 N–H and O–H groups in total. The molecule has 2 aromatic carbocycles. The van der Waals surface area contributed by atoms with Gasteiger partial charge in [-0.3, -0.25) is 0 Å². The van der Waals surface area contributed by atoms with Crippen LogP contribution < -0.4 is 20.1 Å². The van der Waals surface area contributed by atoms with Gasteiger partial charge in [0.15, 0.2) is 0 Å². The Morgan fingerprint density at radius 3 is 2.04 bits per heavy atom. The summed E-state index contributed by atoms with van der Waals surface area (Å²) in [4.78, 5) is 11.3. The molecule has 0 saturated heterocycles. The number of benzene rings is 2. The zero-order valence-electron chi connectivity index (χ0n) is 14.8. The second-order valence-electron chi connectivity index (χ2n) is 5.78. The summed E-state index contributed by atoms with van der Waals surface area (Å²) in [6.07, 6.45) is 0.820. The van der Waals surface area contributed by atoms with E-state index in [2.05, 4.69) is 27.3 Å². The number of rotatable bonds is 6. The summed E-state index contributed by atoms with van der Waals surface area (Å²) >= 11 is 0. The van der Waals surface area contributed by atoms with Gasteiger partial charge in [0, 0.05) is 43.0 Å². The maximum atomic E-state index is 11.3. The summed E-state index contributed by atoms with van der Waals surface area (Å²) in [6.45, 7) is 1.39. The quantitative estimate of drug-likeness (QED) is 0.677. The fraction of sp³-hybridized carbons (Fsp3) is 0.316. The molecule has 0 aliphatic heterocycles. The average Bonchev–Trinajstić information content (AvgIpc) is 2.96. The highest BCUT2D eigenvalue weighted by molar-refractivity contribution is 6.08. The molecule has 1 aromatic heterocycles. The number of ether oxygens (including phenoxy) is 2. The first kappa shape index (κ1) is 17.0. The van der Waals surface area contributed by atoms with Gasteiger partial charge >= 0.3 is 6.03 Å². The lowest BCUT2D eigenvalue weighted by atomic mass is 10.1. The van der Waals surface area contributed by atoms with E-state index in [0.717, 1.165) is 35.5 Å². The van der Waals surface area contributed by atoms with Gasteiger partial charge in [-0.05, 0) is 30.7 Å². The van der Waals surface area contributed by atoms with Gasteiger partial charge in [-0.15, -0.1) is 0 Å². The van der Waals surface area contributed by atoms with Crippen molar-refractivity contribution in [2.45, 2.75) is 13.0 Å². The van der Waals surface area contributed by atoms with Crippen molar-refractivity contribution < 1.29 is 14.3 Å². The highest BCUT2D eigenvalue weighted by Gasteiger charge is 2.12. The Kier molecular flexibility index (Phi) is 4.97. The highest BCUT2D eigenvalue weighted by Crippen LogP contribution is 2.33.